The molecule has 0 aliphatic carbocycles. The van der Waals surface area contributed by atoms with Gasteiger partial charge in [0.1, 0.15) is 5.75 Å². The van der Waals surface area contributed by atoms with Gasteiger partial charge in [0, 0.05) is 23.5 Å². The quantitative estimate of drug-likeness (QED) is 0.769. The largest absolute Gasteiger partial charge is 0.495 e. The molecule has 0 amide bonds. The van der Waals surface area contributed by atoms with Crippen LogP contribution in [0.2, 0.25) is 0 Å². The number of carboxylic acid groups (broad SMARTS) is 1. The lowest BCUT2D eigenvalue weighted by Gasteiger charge is -2.11. The average molecular weight is 262 g/mol. The molecule has 2 rings (SSSR count). The highest BCUT2D eigenvalue weighted by atomic mass is 16.5. The van der Waals surface area contributed by atoms with E-state index in [1.165, 1.54) is 0 Å². The number of carbonyl (C=O) groups is 1. The van der Waals surface area contributed by atoms with Gasteiger partial charge >= 0.3 is 5.97 Å². The van der Waals surface area contributed by atoms with Crippen molar-refractivity contribution < 1.29 is 14.6 Å². The minimum Gasteiger partial charge on any atom is -0.495 e. The van der Waals surface area contributed by atoms with Crippen molar-refractivity contribution >= 4 is 16.9 Å². The smallest absolute Gasteiger partial charge is 0.304 e. The fraction of sp³-hybridized carbons (Fsp3) is 0.357. The van der Waals surface area contributed by atoms with Gasteiger partial charge in [0.25, 0.3) is 0 Å². The Morgan fingerprint density at radius 1 is 1.53 bits per heavy atom. The molecule has 1 heterocycles. The third-order valence-corrected chi connectivity index (χ3v) is 3.43. The maximum atomic E-state index is 10.9. The minimum atomic E-state index is -0.847. The molecular weight excluding hydrogens is 244 g/mol. The van der Waals surface area contributed by atoms with E-state index < -0.39 is 5.97 Å². The molecule has 0 aliphatic rings. The molecule has 1 unspecified atom stereocenters. The molecular formula is C14H18N2O3. The van der Waals surface area contributed by atoms with Crippen LogP contribution in [0.3, 0.4) is 0 Å². The molecule has 0 saturated carbocycles. The Morgan fingerprint density at radius 2 is 2.26 bits per heavy atom. The second kappa shape index (κ2) is 5.32. The second-order valence-corrected chi connectivity index (χ2v) is 4.58. The lowest BCUT2D eigenvalue weighted by molar-refractivity contribution is -0.137. The van der Waals surface area contributed by atoms with E-state index in [1.54, 1.807) is 7.11 Å². The number of H-pyrrole nitrogens is 1. The maximum Gasteiger partial charge on any atom is 0.304 e. The van der Waals surface area contributed by atoms with Crippen molar-refractivity contribution in [3.63, 3.8) is 0 Å². The number of hydrogen-bond acceptors (Lipinski definition) is 3. The van der Waals surface area contributed by atoms with E-state index in [0.717, 1.165) is 27.9 Å². The number of carboxylic acids is 1. The second-order valence-electron chi connectivity index (χ2n) is 4.58. The number of aryl methyl sites for hydroxylation is 1. The number of methoxy groups -OCH3 is 1. The predicted molar refractivity (Wildman–Crippen MR) is 73.6 cm³/mol. The van der Waals surface area contributed by atoms with Crippen LogP contribution in [0.1, 0.15) is 23.6 Å². The van der Waals surface area contributed by atoms with Gasteiger partial charge in [-0.3, -0.25) is 4.79 Å². The van der Waals surface area contributed by atoms with Crippen LogP contribution in [0, 0.1) is 6.92 Å². The number of para-hydroxylation sites is 1. The summed E-state index contributed by atoms with van der Waals surface area (Å²) in [5.41, 5.74) is 8.50. The Bertz CT molecular complexity index is 604. The summed E-state index contributed by atoms with van der Waals surface area (Å²) in [6.07, 6.45) is 0.0203. The topological polar surface area (TPSA) is 88.3 Å². The molecule has 0 spiro atoms. The van der Waals surface area contributed by atoms with E-state index in [2.05, 4.69) is 4.98 Å². The summed E-state index contributed by atoms with van der Waals surface area (Å²) < 4.78 is 5.31. The van der Waals surface area contributed by atoms with Crippen LogP contribution >= 0.6 is 0 Å². The van der Waals surface area contributed by atoms with Crippen LogP contribution in [-0.4, -0.2) is 29.7 Å². The number of hydrogen-bond donors (Lipinski definition) is 3. The van der Waals surface area contributed by atoms with Gasteiger partial charge in [-0.25, -0.2) is 0 Å². The number of aliphatic carboxylic acids is 1. The van der Waals surface area contributed by atoms with Gasteiger partial charge < -0.3 is 20.6 Å². The zero-order valence-electron chi connectivity index (χ0n) is 11.1. The van der Waals surface area contributed by atoms with Crippen molar-refractivity contribution in [1.82, 2.24) is 4.98 Å². The molecule has 2 aromatic rings. The van der Waals surface area contributed by atoms with Crippen molar-refractivity contribution in [2.24, 2.45) is 5.73 Å². The Kier molecular flexibility index (Phi) is 3.76. The average Bonchev–Trinajstić information content (AvgIpc) is 2.73. The number of rotatable bonds is 5. The van der Waals surface area contributed by atoms with Crippen molar-refractivity contribution in [1.29, 1.82) is 0 Å². The molecule has 0 radical (unpaired) electrons. The zero-order valence-corrected chi connectivity index (χ0v) is 11.1. The molecule has 19 heavy (non-hydrogen) atoms. The van der Waals surface area contributed by atoms with Gasteiger partial charge in [0.05, 0.1) is 19.0 Å². The molecule has 1 aromatic heterocycles. The summed E-state index contributed by atoms with van der Waals surface area (Å²) in [5.74, 6) is -0.312. The summed E-state index contributed by atoms with van der Waals surface area (Å²) in [5, 5.41) is 9.99. The van der Waals surface area contributed by atoms with Crippen LogP contribution < -0.4 is 10.5 Å². The first-order chi connectivity index (χ1) is 9.08. The molecule has 102 valence electrons. The van der Waals surface area contributed by atoms with Gasteiger partial charge in [-0.05, 0) is 18.6 Å². The first kappa shape index (κ1) is 13.4. The van der Waals surface area contributed by atoms with Crippen LogP contribution in [0.25, 0.3) is 10.9 Å². The Labute approximate surface area is 111 Å². The van der Waals surface area contributed by atoms with Crippen LogP contribution in [0.15, 0.2) is 18.2 Å². The highest BCUT2D eigenvalue weighted by molar-refractivity contribution is 5.89. The third-order valence-electron chi connectivity index (χ3n) is 3.43. The minimum absolute atomic E-state index is 0.0203. The summed E-state index contributed by atoms with van der Waals surface area (Å²) in [6.45, 7) is 2.26. The number of nitrogens with one attached hydrogen (secondary N) is 1. The molecule has 1 aromatic carbocycles. The summed E-state index contributed by atoms with van der Waals surface area (Å²) in [7, 11) is 1.61. The number of aromatic amines is 1. The molecule has 4 N–H and O–H groups in total. The maximum absolute atomic E-state index is 10.9. The molecule has 1 atom stereocenters. The normalized spacial score (nSPS) is 12.6. The summed E-state index contributed by atoms with van der Waals surface area (Å²) >= 11 is 0. The van der Waals surface area contributed by atoms with E-state index >= 15 is 0 Å². The third kappa shape index (κ3) is 2.42. The van der Waals surface area contributed by atoms with Gasteiger partial charge in [-0.1, -0.05) is 12.1 Å². The van der Waals surface area contributed by atoms with E-state index in [1.807, 2.05) is 25.1 Å². The Balaban J connectivity index is 2.54. The van der Waals surface area contributed by atoms with E-state index in [-0.39, 0.29) is 12.3 Å². The van der Waals surface area contributed by atoms with E-state index in [4.69, 9.17) is 15.6 Å². The number of ether oxygens (including phenoxy) is 1. The van der Waals surface area contributed by atoms with Crippen LogP contribution in [0.5, 0.6) is 5.75 Å². The Morgan fingerprint density at radius 3 is 2.84 bits per heavy atom. The highest BCUT2D eigenvalue weighted by Gasteiger charge is 2.20. The van der Waals surface area contributed by atoms with Crippen molar-refractivity contribution in [2.75, 3.05) is 13.7 Å². The fourth-order valence-electron chi connectivity index (χ4n) is 2.44. The van der Waals surface area contributed by atoms with Crippen molar-refractivity contribution in [3.05, 3.63) is 29.5 Å². The van der Waals surface area contributed by atoms with Crippen molar-refractivity contribution in [2.45, 2.75) is 19.3 Å². The highest BCUT2D eigenvalue weighted by Crippen LogP contribution is 2.33. The molecule has 0 fully saturated rings. The standard InChI is InChI=1S/C14H18N2O3/c1-8-10-4-3-5-11(19-2)14(10)16-13(8)9(7-15)6-12(17)18/h3-5,9,16H,6-7,15H2,1-2H3,(H,17,18). The molecule has 5 nitrogen and oxygen atoms in total. The monoisotopic (exact) mass is 262 g/mol. The van der Waals surface area contributed by atoms with Crippen molar-refractivity contribution in [3.8, 4) is 5.75 Å². The van der Waals surface area contributed by atoms with Gasteiger partial charge in [-0.15, -0.1) is 0 Å². The number of nitrogens with two attached hydrogens (primary N) is 1. The Hall–Kier alpha value is -2.01. The number of aromatic nitrogens is 1. The van der Waals surface area contributed by atoms with Crippen LogP contribution in [0.4, 0.5) is 0 Å². The first-order valence-corrected chi connectivity index (χ1v) is 6.15. The number of fused-ring (bicyclic) bond motifs is 1. The lowest BCUT2D eigenvalue weighted by atomic mass is 9.98. The summed E-state index contributed by atoms with van der Waals surface area (Å²) in [6, 6.07) is 5.78. The van der Waals surface area contributed by atoms with Gasteiger partial charge in [0.2, 0.25) is 0 Å². The summed E-state index contributed by atoms with van der Waals surface area (Å²) in [4.78, 5) is 14.2. The van der Waals surface area contributed by atoms with E-state index in [0.29, 0.717) is 6.54 Å². The first-order valence-electron chi connectivity index (χ1n) is 6.15. The predicted octanol–water partition coefficient (Wildman–Crippen LogP) is 2.00. The molecule has 0 bridgehead atoms. The molecule has 0 aliphatic heterocycles. The van der Waals surface area contributed by atoms with Crippen LogP contribution in [-0.2, 0) is 4.79 Å². The zero-order chi connectivity index (χ0) is 14.0. The molecule has 0 saturated heterocycles. The number of benzene rings is 1. The van der Waals surface area contributed by atoms with Gasteiger partial charge in [0.15, 0.2) is 0 Å². The molecule has 5 heteroatoms. The fourth-order valence-corrected chi connectivity index (χ4v) is 2.44. The SMILES string of the molecule is COc1cccc2c(C)c(C(CN)CC(=O)O)[nH]c12. The lowest BCUT2D eigenvalue weighted by Crippen LogP contribution is -2.17. The van der Waals surface area contributed by atoms with E-state index in [9.17, 15) is 4.79 Å². The van der Waals surface area contributed by atoms with Gasteiger partial charge in [-0.2, -0.15) is 0 Å².